The molecule has 3 heteroatoms. The Balaban J connectivity index is 2.25. The van der Waals surface area contributed by atoms with Gasteiger partial charge in [0.1, 0.15) is 0 Å². The SMILES string of the molecule is [2H]c1c(C)c(Cl)c([2H])c2c1CC1=C2CCC([2H])([2H])C1C(N)=O. The van der Waals surface area contributed by atoms with Crippen LogP contribution in [0.15, 0.2) is 17.7 Å². The molecule has 1 amide bonds. The predicted octanol–water partition coefficient (Wildman–Crippen LogP) is 3.24. The van der Waals surface area contributed by atoms with Crippen LogP contribution >= 0.6 is 11.6 Å². The van der Waals surface area contributed by atoms with Crippen LogP contribution in [0.2, 0.25) is 5.02 Å². The maximum atomic E-state index is 11.8. The van der Waals surface area contributed by atoms with Crippen LogP contribution in [0.3, 0.4) is 0 Å². The fourth-order valence-electron chi connectivity index (χ4n) is 2.77. The molecule has 1 aromatic rings. The van der Waals surface area contributed by atoms with E-state index in [0.29, 0.717) is 35.1 Å². The standard InChI is InChI=1S/C15H16ClNO/c1-8-5-9-6-13-10(12(9)7-14(8)16)3-2-4-11(13)15(17)18/h5,7,11H,2-4,6H2,1H3,(H2,17,18)/i4D2,5D,7D. The molecule has 18 heavy (non-hydrogen) atoms. The van der Waals surface area contributed by atoms with Gasteiger partial charge in [0.25, 0.3) is 0 Å². The number of rotatable bonds is 1. The highest BCUT2D eigenvalue weighted by Gasteiger charge is 2.33. The lowest BCUT2D eigenvalue weighted by Crippen LogP contribution is -2.27. The molecule has 1 atom stereocenters. The van der Waals surface area contributed by atoms with Gasteiger partial charge in [-0.2, -0.15) is 0 Å². The number of primary amides is 1. The molecule has 0 aromatic heterocycles. The summed E-state index contributed by atoms with van der Waals surface area (Å²) < 4.78 is 32.6. The number of allylic oxidation sites excluding steroid dienone is 1. The van der Waals surface area contributed by atoms with Gasteiger partial charge in [-0.25, -0.2) is 0 Å². The smallest absolute Gasteiger partial charge is 0.224 e. The zero-order valence-corrected chi connectivity index (χ0v) is 10.8. The van der Waals surface area contributed by atoms with Crippen LogP contribution in [0.4, 0.5) is 0 Å². The van der Waals surface area contributed by atoms with Gasteiger partial charge >= 0.3 is 0 Å². The van der Waals surface area contributed by atoms with Crippen LogP contribution in [0.5, 0.6) is 0 Å². The predicted molar refractivity (Wildman–Crippen MR) is 73.3 cm³/mol. The van der Waals surface area contributed by atoms with Crippen LogP contribution in [0.1, 0.15) is 41.4 Å². The van der Waals surface area contributed by atoms with E-state index in [4.69, 9.17) is 22.8 Å². The maximum absolute atomic E-state index is 11.8. The van der Waals surface area contributed by atoms with E-state index >= 15 is 0 Å². The molecule has 0 bridgehead atoms. The van der Waals surface area contributed by atoms with E-state index in [0.717, 1.165) is 5.57 Å². The molecule has 2 nitrogen and oxygen atoms in total. The molecule has 2 aliphatic rings. The summed E-state index contributed by atoms with van der Waals surface area (Å²) in [7, 11) is 0. The monoisotopic (exact) mass is 265 g/mol. The van der Waals surface area contributed by atoms with Gasteiger partial charge in [0, 0.05) is 7.76 Å². The summed E-state index contributed by atoms with van der Waals surface area (Å²) in [6, 6.07) is 0.440. The van der Waals surface area contributed by atoms with Gasteiger partial charge in [-0.3, -0.25) is 4.79 Å². The van der Waals surface area contributed by atoms with Crippen molar-refractivity contribution in [1.82, 2.24) is 0 Å². The summed E-state index contributed by atoms with van der Waals surface area (Å²) in [5.41, 5.74) is 8.67. The van der Waals surface area contributed by atoms with Crippen molar-refractivity contribution in [1.29, 1.82) is 0 Å². The molecular weight excluding hydrogens is 246 g/mol. The molecular formula is C15H16ClNO. The van der Waals surface area contributed by atoms with Crippen LogP contribution in [-0.4, -0.2) is 5.91 Å². The molecule has 2 aliphatic carbocycles. The summed E-state index contributed by atoms with van der Waals surface area (Å²) in [6.45, 7) is 1.70. The fraction of sp³-hybridized carbons (Fsp3) is 0.400. The van der Waals surface area contributed by atoms with E-state index < -0.39 is 18.2 Å². The second-order valence-electron chi connectivity index (χ2n) is 4.76. The summed E-state index contributed by atoms with van der Waals surface area (Å²) in [5, 5.41) is 0.252. The lowest BCUT2D eigenvalue weighted by atomic mass is 9.82. The molecule has 0 heterocycles. The Hall–Kier alpha value is -1.28. The van der Waals surface area contributed by atoms with E-state index in [2.05, 4.69) is 0 Å². The molecule has 0 saturated heterocycles. The third kappa shape index (κ3) is 1.67. The van der Waals surface area contributed by atoms with Gasteiger partial charge in [-0.1, -0.05) is 17.6 Å². The number of fused-ring (bicyclic) bond motifs is 2. The first-order valence-electron chi connectivity index (χ1n) is 7.96. The molecule has 0 saturated carbocycles. The first-order chi connectivity index (χ1) is 10.2. The highest BCUT2D eigenvalue weighted by atomic mass is 35.5. The third-order valence-corrected chi connectivity index (χ3v) is 4.00. The fourth-order valence-corrected chi connectivity index (χ4v) is 2.91. The van der Waals surface area contributed by atoms with E-state index in [9.17, 15) is 4.79 Å². The Kier molecular flexibility index (Phi) is 1.84. The first-order valence-corrected chi connectivity index (χ1v) is 6.34. The van der Waals surface area contributed by atoms with E-state index in [1.165, 1.54) is 0 Å². The Morgan fingerprint density at radius 3 is 3.11 bits per heavy atom. The van der Waals surface area contributed by atoms with Gasteiger partial charge in [0.05, 0.1) is 8.66 Å². The van der Waals surface area contributed by atoms with Gasteiger partial charge in [-0.05, 0) is 66.4 Å². The topological polar surface area (TPSA) is 43.1 Å². The Morgan fingerprint density at radius 1 is 1.61 bits per heavy atom. The average Bonchev–Trinajstić information content (AvgIpc) is 2.80. The Morgan fingerprint density at radius 2 is 2.39 bits per heavy atom. The molecule has 3 rings (SSSR count). The average molecular weight is 266 g/mol. The number of nitrogens with two attached hydrogens (primary N) is 1. The number of hydrogen-bond donors (Lipinski definition) is 1. The van der Waals surface area contributed by atoms with Crippen molar-refractivity contribution in [3.63, 3.8) is 0 Å². The van der Waals surface area contributed by atoms with Gasteiger partial charge < -0.3 is 5.73 Å². The van der Waals surface area contributed by atoms with Gasteiger partial charge in [-0.15, -0.1) is 0 Å². The second kappa shape index (κ2) is 4.13. The summed E-state index contributed by atoms with van der Waals surface area (Å²) >= 11 is 6.16. The van der Waals surface area contributed by atoms with E-state index in [-0.39, 0.29) is 23.5 Å². The molecule has 0 aliphatic heterocycles. The number of amides is 1. The van der Waals surface area contributed by atoms with E-state index in [1.807, 2.05) is 0 Å². The Labute approximate surface area is 117 Å². The summed E-state index contributed by atoms with van der Waals surface area (Å²) in [4.78, 5) is 11.8. The molecule has 0 radical (unpaired) electrons. The molecule has 0 spiro atoms. The number of carbonyl (C=O) groups is 1. The molecule has 0 fully saturated rings. The lowest BCUT2D eigenvalue weighted by Gasteiger charge is -2.22. The molecule has 1 unspecified atom stereocenters. The zero-order chi connectivity index (χ0) is 16.4. The molecule has 94 valence electrons. The van der Waals surface area contributed by atoms with Gasteiger partial charge in [0.15, 0.2) is 0 Å². The highest BCUT2D eigenvalue weighted by Crippen LogP contribution is 2.45. The van der Waals surface area contributed by atoms with E-state index in [1.54, 1.807) is 6.92 Å². The largest absolute Gasteiger partial charge is 0.369 e. The van der Waals surface area contributed by atoms with Crippen LogP contribution in [-0.2, 0) is 11.2 Å². The van der Waals surface area contributed by atoms with Crippen LogP contribution in [0, 0.1) is 12.8 Å². The summed E-state index contributed by atoms with van der Waals surface area (Å²) in [6.07, 6.45) is -0.766. The van der Waals surface area contributed by atoms with Crippen molar-refractivity contribution in [3.05, 3.63) is 39.4 Å². The molecule has 2 N–H and O–H groups in total. The number of halogens is 1. The number of hydrogen-bond acceptors (Lipinski definition) is 1. The van der Waals surface area contributed by atoms with Crippen molar-refractivity contribution in [3.8, 4) is 0 Å². The normalized spacial score (nSPS) is 27.8. The highest BCUT2D eigenvalue weighted by molar-refractivity contribution is 6.31. The van der Waals surface area contributed by atoms with Crippen molar-refractivity contribution in [2.24, 2.45) is 11.7 Å². The molecule has 1 aromatic carbocycles. The first kappa shape index (κ1) is 8.00. The number of carbonyl (C=O) groups excluding carboxylic acids is 1. The van der Waals surface area contributed by atoms with Crippen molar-refractivity contribution in [2.75, 3.05) is 0 Å². The zero-order valence-electron chi connectivity index (χ0n) is 14.1. The van der Waals surface area contributed by atoms with Gasteiger partial charge in [0.2, 0.25) is 5.91 Å². The maximum Gasteiger partial charge on any atom is 0.224 e. The van der Waals surface area contributed by atoms with Crippen molar-refractivity contribution in [2.45, 2.75) is 32.6 Å². The minimum atomic E-state index is -1.68. The van der Waals surface area contributed by atoms with Crippen LogP contribution in [0.25, 0.3) is 5.57 Å². The van der Waals surface area contributed by atoms with Crippen molar-refractivity contribution >= 4 is 23.1 Å². The quantitative estimate of drug-likeness (QED) is 0.832. The van der Waals surface area contributed by atoms with Crippen LogP contribution < -0.4 is 5.73 Å². The minimum Gasteiger partial charge on any atom is -0.369 e. The van der Waals surface area contributed by atoms with Crippen molar-refractivity contribution < 1.29 is 10.3 Å². The minimum absolute atomic E-state index is 0.167. The summed E-state index contributed by atoms with van der Waals surface area (Å²) in [5.74, 6) is -1.69. The Bertz CT molecular complexity index is 742. The number of benzene rings is 1. The lowest BCUT2D eigenvalue weighted by molar-refractivity contribution is -0.121. The second-order valence-corrected chi connectivity index (χ2v) is 5.14. The third-order valence-electron chi connectivity index (χ3n) is 3.62.